The van der Waals surface area contributed by atoms with Crippen LogP contribution in [0.4, 0.5) is 0 Å². The number of carbonyl (C=O) groups excluding carboxylic acids is 1. The summed E-state index contributed by atoms with van der Waals surface area (Å²) in [6.45, 7) is 1.42. The minimum atomic E-state index is -3.58. The van der Waals surface area contributed by atoms with Crippen LogP contribution in [0.1, 0.15) is 5.56 Å². The number of carbonyl (C=O) groups is 1. The van der Waals surface area contributed by atoms with Crippen LogP contribution >= 0.6 is 0 Å². The lowest BCUT2D eigenvalue weighted by atomic mass is 10.2. The van der Waals surface area contributed by atoms with E-state index in [1.807, 2.05) is 24.3 Å². The molecule has 0 N–H and O–H groups in total. The third-order valence-electron chi connectivity index (χ3n) is 4.49. The van der Waals surface area contributed by atoms with Crippen LogP contribution in [0.3, 0.4) is 0 Å². The summed E-state index contributed by atoms with van der Waals surface area (Å²) >= 11 is 0. The van der Waals surface area contributed by atoms with Gasteiger partial charge in [0, 0.05) is 38.6 Å². The molecule has 0 aliphatic carbocycles. The summed E-state index contributed by atoms with van der Waals surface area (Å²) in [4.78, 5) is 18.0. The smallest absolute Gasteiger partial charge is 0.248 e. The molecule has 1 aliphatic heterocycles. The van der Waals surface area contributed by atoms with Crippen molar-refractivity contribution in [1.82, 2.24) is 14.2 Å². The highest BCUT2D eigenvalue weighted by Gasteiger charge is 2.30. The van der Waals surface area contributed by atoms with Crippen molar-refractivity contribution in [3.63, 3.8) is 0 Å². The lowest BCUT2D eigenvalue weighted by Gasteiger charge is -2.33. The first-order valence-corrected chi connectivity index (χ1v) is 10.3. The third kappa shape index (κ3) is 4.86. The molecule has 1 saturated heterocycles. The molecular formula is C19H23N3O5S. The van der Waals surface area contributed by atoms with E-state index in [4.69, 9.17) is 9.47 Å². The van der Waals surface area contributed by atoms with Gasteiger partial charge in [-0.2, -0.15) is 4.31 Å². The first-order chi connectivity index (χ1) is 13.5. The van der Waals surface area contributed by atoms with Crippen molar-refractivity contribution >= 4 is 15.9 Å². The Kier molecular flexibility index (Phi) is 6.61. The first kappa shape index (κ1) is 20.2. The summed E-state index contributed by atoms with van der Waals surface area (Å²) in [5.41, 5.74) is 0.916. The number of pyridine rings is 1. The van der Waals surface area contributed by atoms with Gasteiger partial charge in [-0.25, -0.2) is 8.42 Å². The number of hydrogen-bond acceptors (Lipinski definition) is 6. The molecule has 1 fully saturated rings. The van der Waals surface area contributed by atoms with E-state index >= 15 is 0 Å². The SMILES string of the molecule is COc1cccc(COCC(=O)N2CCN(S(=O)(=O)c3cccnc3)CC2)c1. The van der Waals surface area contributed by atoms with Gasteiger partial charge in [-0.1, -0.05) is 12.1 Å². The molecule has 1 aromatic heterocycles. The highest BCUT2D eigenvalue weighted by atomic mass is 32.2. The minimum Gasteiger partial charge on any atom is -0.497 e. The Morgan fingerprint density at radius 3 is 2.61 bits per heavy atom. The zero-order chi connectivity index (χ0) is 20.0. The van der Waals surface area contributed by atoms with Gasteiger partial charge in [-0.05, 0) is 29.8 Å². The molecule has 3 rings (SSSR count). The van der Waals surface area contributed by atoms with Gasteiger partial charge >= 0.3 is 0 Å². The molecule has 0 atom stereocenters. The molecule has 0 bridgehead atoms. The Labute approximate surface area is 164 Å². The normalized spacial score (nSPS) is 15.4. The number of amides is 1. The van der Waals surface area contributed by atoms with Crippen molar-refractivity contribution in [2.24, 2.45) is 0 Å². The standard InChI is InChI=1S/C19H23N3O5S/c1-26-17-5-2-4-16(12-17)14-27-15-19(23)21-8-10-22(11-9-21)28(24,25)18-6-3-7-20-13-18/h2-7,12-13H,8-11,14-15H2,1H3. The average Bonchev–Trinajstić information content (AvgIpc) is 2.74. The van der Waals surface area contributed by atoms with Gasteiger partial charge in [0.05, 0.1) is 13.7 Å². The second kappa shape index (κ2) is 9.13. The fraction of sp³-hybridized carbons (Fsp3) is 0.368. The summed E-state index contributed by atoms with van der Waals surface area (Å²) in [5.74, 6) is 0.583. The van der Waals surface area contributed by atoms with E-state index in [1.165, 1.54) is 22.8 Å². The summed E-state index contributed by atoms with van der Waals surface area (Å²) in [7, 11) is -1.99. The fourth-order valence-corrected chi connectivity index (χ4v) is 4.32. The van der Waals surface area contributed by atoms with E-state index in [1.54, 1.807) is 18.1 Å². The largest absolute Gasteiger partial charge is 0.497 e. The molecule has 0 saturated carbocycles. The van der Waals surface area contributed by atoms with Crippen molar-refractivity contribution in [3.05, 3.63) is 54.4 Å². The van der Waals surface area contributed by atoms with Gasteiger partial charge in [0.25, 0.3) is 0 Å². The Bertz CT molecular complexity index is 897. The fourth-order valence-electron chi connectivity index (χ4n) is 2.94. The number of benzene rings is 1. The van der Waals surface area contributed by atoms with E-state index in [2.05, 4.69) is 4.98 Å². The topological polar surface area (TPSA) is 89.0 Å². The van der Waals surface area contributed by atoms with E-state index in [-0.39, 0.29) is 30.5 Å². The predicted octanol–water partition coefficient (Wildman–Crippen LogP) is 1.14. The molecular weight excluding hydrogens is 382 g/mol. The average molecular weight is 405 g/mol. The molecule has 2 heterocycles. The summed E-state index contributed by atoms with van der Waals surface area (Å²) < 4.78 is 37.2. The van der Waals surface area contributed by atoms with E-state index in [0.29, 0.717) is 19.7 Å². The number of piperazine rings is 1. The van der Waals surface area contributed by atoms with Crippen molar-refractivity contribution in [2.75, 3.05) is 39.9 Å². The summed E-state index contributed by atoms with van der Waals surface area (Å²) in [5, 5.41) is 0. The van der Waals surface area contributed by atoms with Crippen LogP contribution in [-0.4, -0.2) is 68.4 Å². The van der Waals surface area contributed by atoms with Gasteiger partial charge in [-0.3, -0.25) is 9.78 Å². The molecule has 0 radical (unpaired) electrons. The lowest BCUT2D eigenvalue weighted by Crippen LogP contribution is -2.51. The Morgan fingerprint density at radius 1 is 1.14 bits per heavy atom. The molecule has 1 amide bonds. The van der Waals surface area contributed by atoms with Crippen LogP contribution in [0.5, 0.6) is 5.75 Å². The molecule has 28 heavy (non-hydrogen) atoms. The minimum absolute atomic E-state index is 0.0490. The molecule has 1 aromatic carbocycles. The van der Waals surface area contributed by atoms with Crippen molar-refractivity contribution in [3.8, 4) is 5.75 Å². The van der Waals surface area contributed by atoms with E-state index in [0.717, 1.165) is 11.3 Å². The number of nitrogens with zero attached hydrogens (tertiary/aromatic N) is 3. The quantitative estimate of drug-likeness (QED) is 0.686. The Morgan fingerprint density at radius 2 is 1.93 bits per heavy atom. The number of sulfonamides is 1. The van der Waals surface area contributed by atoms with Crippen molar-refractivity contribution < 1.29 is 22.7 Å². The van der Waals surface area contributed by atoms with Crippen LogP contribution in [0.25, 0.3) is 0 Å². The molecule has 9 heteroatoms. The van der Waals surface area contributed by atoms with Crippen molar-refractivity contribution in [1.29, 1.82) is 0 Å². The van der Waals surface area contributed by atoms with Crippen LogP contribution < -0.4 is 4.74 Å². The predicted molar refractivity (Wildman–Crippen MR) is 102 cm³/mol. The van der Waals surface area contributed by atoms with Crippen LogP contribution in [0.15, 0.2) is 53.7 Å². The highest BCUT2D eigenvalue weighted by molar-refractivity contribution is 7.89. The highest BCUT2D eigenvalue weighted by Crippen LogP contribution is 2.17. The molecule has 0 unspecified atom stereocenters. The monoisotopic (exact) mass is 405 g/mol. The maximum absolute atomic E-state index is 12.6. The zero-order valence-corrected chi connectivity index (χ0v) is 16.5. The lowest BCUT2D eigenvalue weighted by molar-refractivity contribution is -0.137. The molecule has 8 nitrogen and oxygen atoms in total. The van der Waals surface area contributed by atoms with Gasteiger partial charge in [0.15, 0.2) is 0 Å². The van der Waals surface area contributed by atoms with Gasteiger partial charge in [-0.15, -0.1) is 0 Å². The third-order valence-corrected chi connectivity index (χ3v) is 6.37. The number of rotatable bonds is 7. The van der Waals surface area contributed by atoms with E-state index < -0.39 is 10.0 Å². The maximum Gasteiger partial charge on any atom is 0.248 e. The second-order valence-corrected chi connectivity index (χ2v) is 8.26. The molecule has 1 aliphatic rings. The van der Waals surface area contributed by atoms with E-state index in [9.17, 15) is 13.2 Å². The summed E-state index contributed by atoms with van der Waals surface area (Å²) in [6, 6.07) is 10.6. The number of hydrogen-bond donors (Lipinski definition) is 0. The molecule has 0 spiro atoms. The van der Waals surface area contributed by atoms with Crippen molar-refractivity contribution in [2.45, 2.75) is 11.5 Å². The van der Waals surface area contributed by atoms with Crippen LogP contribution in [-0.2, 0) is 26.2 Å². The Hall–Kier alpha value is -2.49. The Balaban J connectivity index is 1.47. The maximum atomic E-state index is 12.6. The molecule has 2 aromatic rings. The van der Waals surface area contributed by atoms with Gasteiger partial charge < -0.3 is 14.4 Å². The second-order valence-electron chi connectivity index (χ2n) is 6.32. The zero-order valence-electron chi connectivity index (χ0n) is 15.7. The van der Waals surface area contributed by atoms with Crippen LogP contribution in [0.2, 0.25) is 0 Å². The first-order valence-electron chi connectivity index (χ1n) is 8.89. The number of methoxy groups -OCH3 is 1. The number of aromatic nitrogens is 1. The van der Waals surface area contributed by atoms with Gasteiger partial charge in [0.2, 0.25) is 15.9 Å². The molecule has 150 valence electrons. The van der Waals surface area contributed by atoms with Gasteiger partial charge in [0.1, 0.15) is 17.3 Å². The summed E-state index contributed by atoms with van der Waals surface area (Å²) in [6.07, 6.45) is 2.86. The number of ether oxygens (including phenoxy) is 2. The van der Waals surface area contributed by atoms with Crippen LogP contribution in [0, 0.1) is 0 Å².